The second-order valence-electron chi connectivity index (χ2n) is 7.22. The van der Waals surface area contributed by atoms with Gasteiger partial charge in [-0.3, -0.25) is 4.79 Å². The molecule has 9 nitrogen and oxygen atoms in total. The fourth-order valence-corrected chi connectivity index (χ4v) is 3.05. The minimum Gasteiger partial charge on any atom is -0.450 e. The van der Waals surface area contributed by atoms with Gasteiger partial charge < -0.3 is 25.2 Å². The molecule has 31 heavy (non-hydrogen) atoms. The van der Waals surface area contributed by atoms with Crippen LogP contribution in [-0.2, 0) is 16.0 Å². The third-order valence-electron chi connectivity index (χ3n) is 4.73. The number of likely N-dealkylation sites (tertiary alicyclic amines) is 1. The van der Waals surface area contributed by atoms with Gasteiger partial charge in [0.15, 0.2) is 5.96 Å². The van der Waals surface area contributed by atoms with Crippen molar-refractivity contribution < 1.29 is 14.3 Å². The lowest BCUT2D eigenvalue weighted by Gasteiger charge is -2.32. The van der Waals surface area contributed by atoms with Gasteiger partial charge in [0.1, 0.15) is 11.7 Å². The quantitative estimate of drug-likeness (QED) is 0.227. The summed E-state index contributed by atoms with van der Waals surface area (Å²) in [6.45, 7) is 4.11. The molecular weight excluding hydrogens is 535 g/mol. The van der Waals surface area contributed by atoms with E-state index in [9.17, 15) is 9.59 Å². The number of rotatable bonds is 7. The molecule has 0 unspecified atom stereocenters. The second-order valence-corrected chi connectivity index (χ2v) is 7.61. The molecule has 1 fully saturated rings. The SMILES string of the molecule is CCOC(=O)N1CCC(NC(=NCC(=O)N(C)C)NCCc2ccc(Cl)nc2)CC1.I. The Morgan fingerprint density at radius 2 is 2.03 bits per heavy atom. The number of amides is 2. The molecule has 0 radical (unpaired) electrons. The van der Waals surface area contributed by atoms with Crippen LogP contribution in [0.15, 0.2) is 23.3 Å². The van der Waals surface area contributed by atoms with E-state index in [4.69, 9.17) is 16.3 Å². The Morgan fingerprint density at radius 3 is 2.61 bits per heavy atom. The number of nitrogens with one attached hydrogen (secondary N) is 2. The molecule has 0 aliphatic carbocycles. The average Bonchev–Trinajstić information content (AvgIpc) is 2.73. The van der Waals surface area contributed by atoms with E-state index in [-0.39, 0.29) is 48.6 Å². The molecule has 0 spiro atoms. The molecule has 1 aliphatic heterocycles. The molecule has 2 heterocycles. The monoisotopic (exact) mass is 566 g/mol. The number of guanidine groups is 1. The van der Waals surface area contributed by atoms with E-state index >= 15 is 0 Å². The number of hydrogen-bond acceptors (Lipinski definition) is 5. The first kappa shape index (κ1) is 27.2. The molecule has 0 saturated carbocycles. The molecule has 2 N–H and O–H groups in total. The van der Waals surface area contributed by atoms with Crippen LogP contribution in [0.3, 0.4) is 0 Å². The summed E-state index contributed by atoms with van der Waals surface area (Å²) in [4.78, 5) is 35.5. The van der Waals surface area contributed by atoms with Gasteiger partial charge in [-0.1, -0.05) is 17.7 Å². The normalized spacial score (nSPS) is 14.5. The molecule has 2 rings (SSSR count). The van der Waals surface area contributed by atoms with Crippen molar-refractivity contribution in [1.29, 1.82) is 0 Å². The van der Waals surface area contributed by atoms with Gasteiger partial charge in [-0.15, -0.1) is 24.0 Å². The number of aromatic nitrogens is 1. The van der Waals surface area contributed by atoms with Crippen molar-refractivity contribution in [2.24, 2.45) is 4.99 Å². The summed E-state index contributed by atoms with van der Waals surface area (Å²) in [6.07, 6.45) is 3.78. The molecule has 11 heteroatoms. The van der Waals surface area contributed by atoms with E-state index in [2.05, 4.69) is 20.6 Å². The largest absolute Gasteiger partial charge is 0.450 e. The molecular formula is C20H32ClIN6O3. The van der Waals surface area contributed by atoms with E-state index in [0.717, 1.165) is 24.8 Å². The highest BCUT2D eigenvalue weighted by Gasteiger charge is 2.24. The summed E-state index contributed by atoms with van der Waals surface area (Å²) in [5, 5.41) is 7.14. The molecule has 0 atom stereocenters. The highest BCUT2D eigenvalue weighted by Crippen LogP contribution is 2.11. The van der Waals surface area contributed by atoms with Gasteiger partial charge in [-0.2, -0.15) is 0 Å². The number of halogens is 2. The maximum atomic E-state index is 11.9. The van der Waals surface area contributed by atoms with Gasteiger partial charge >= 0.3 is 6.09 Å². The van der Waals surface area contributed by atoms with Gasteiger partial charge in [0.2, 0.25) is 5.91 Å². The Kier molecular flexibility index (Phi) is 12.5. The molecule has 1 saturated heterocycles. The van der Waals surface area contributed by atoms with Crippen molar-refractivity contribution in [2.75, 3.05) is 46.9 Å². The predicted molar refractivity (Wildman–Crippen MR) is 132 cm³/mol. The molecule has 1 aromatic heterocycles. The summed E-state index contributed by atoms with van der Waals surface area (Å²) < 4.78 is 5.06. The zero-order chi connectivity index (χ0) is 21.9. The van der Waals surface area contributed by atoms with Crippen LogP contribution in [-0.4, -0.2) is 85.7 Å². The molecule has 174 valence electrons. The smallest absolute Gasteiger partial charge is 0.409 e. The first-order chi connectivity index (χ1) is 14.4. The Bertz CT molecular complexity index is 724. The van der Waals surface area contributed by atoms with Crippen molar-refractivity contribution in [2.45, 2.75) is 32.2 Å². The number of piperidine rings is 1. The summed E-state index contributed by atoms with van der Waals surface area (Å²) in [6, 6.07) is 3.85. The third kappa shape index (κ3) is 9.90. The van der Waals surface area contributed by atoms with E-state index < -0.39 is 0 Å². The van der Waals surface area contributed by atoms with Gasteiger partial charge in [0.05, 0.1) is 6.61 Å². The van der Waals surface area contributed by atoms with Crippen molar-refractivity contribution in [3.8, 4) is 0 Å². The third-order valence-corrected chi connectivity index (χ3v) is 4.95. The number of ether oxygens (including phenoxy) is 1. The second kappa shape index (κ2) is 14.3. The van der Waals surface area contributed by atoms with E-state index in [1.807, 2.05) is 6.07 Å². The number of hydrogen-bond donors (Lipinski definition) is 2. The number of nitrogens with zero attached hydrogens (tertiary/aromatic N) is 4. The van der Waals surface area contributed by atoms with E-state index in [0.29, 0.717) is 37.4 Å². The maximum Gasteiger partial charge on any atom is 0.409 e. The lowest BCUT2D eigenvalue weighted by atomic mass is 10.1. The van der Waals surface area contributed by atoms with Gasteiger partial charge in [-0.25, -0.2) is 14.8 Å². The molecule has 1 aromatic rings. The standard InChI is InChI=1S/C20H31ClN6O3.HI/c1-4-30-20(29)27-11-8-16(9-12-27)25-19(24-14-18(28)26(2)3)22-10-7-15-5-6-17(21)23-13-15;/h5-6,13,16H,4,7-12,14H2,1-3H3,(H2,22,24,25);1H. The summed E-state index contributed by atoms with van der Waals surface area (Å²) in [7, 11) is 3.41. The number of carbonyl (C=O) groups excluding carboxylic acids is 2. The van der Waals surface area contributed by atoms with Crippen LogP contribution in [0.1, 0.15) is 25.3 Å². The minimum absolute atomic E-state index is 0. The molecule has 0 aromatic carbocycles. The average molecular weight is 567 g/mol. The Hall–Kier alpha value is -1.82. The fraction of sp³-hybridized carbons (Fsp3) is 0.600. The topological polar surface area (TPSA) is 99.2 Å². The molecule has 1 aliphatic rings. The van der Waals surface area contributed by atoms with E-state index in [1.54, 1.807) is 38.2 Å². The predicted octanol–water partition coefficient (Wildman–Crippen LogP) is 2.14. The maximum absolute atomic E-state index is 11.9. The van der Waals surface area contributed by atoms with Crippen molar-refractivity contribution in [1.82, 2.24) is 25.4 Å². The van der Waals surface area contributed by atoms with Crippen LogP contribution >= 0.6 is 35.6 Å². The number of likely N-dealkylation sites (N-methyl/N-ethyl adjacent to an activating group) is 1. The van der Waals surface area contributed by atoms with Gasteiger partial charge in [0, 0.05) is 46.0 Å². The lowest BCUT2D eigenvalue weighted by molar-refractivity contribution is -0.127. The van der Waals surface area contributed by atoms with Crippen LogP contribution < -0.4 is 10.6 Å². The van der Waals surface area contributed by atoms with Gasteiger partial charge in [-0.05, 0) is 37.8 Å². The first-order valence-corrected chi connectivity index (χ1v) is 10.5. The minimum atomic E-state index is -0.267. The van der Waals surface area contributed by atoms with Crippen LogP contribution in [0.4, 0.5) is 4.79 Å². The van der Waals surface area contributed by atoms with Gasteiger partial charge in [0.25, 0.3) is 0 Å². The summed E-state index contributed by atoms with van der Waals surface area (Å²) in [5.74, 6) is 0.511. The van der Waals surface area contributed by atoms with E-state index in [1.165, 1.54) is 4.90 Å². The number of aliphatic imine (C=N–C) groups is 1. The molecule has 0 bridgehead atoms. The van der Waals surface area contributed by atoms with Crippen molar-refractivity contribution in [3.05, 3.63) is 29.0 Å². The number of pyridine rings is 1. The van der Waals surface area contributed by atoms with Crippen LogP contribution in [0, 0.1) is 0 Å². The van der Waals surface area contributed by atoms with Crippen molar-refractivity contribution >= 4 is 53.5 Å². The Morgan fingerprint density at radius 1 is 1.32 bits per heavy atom. The molecule has 2 amide bonds. The fourth-order valence-electron chi connectivity index (χ4n) is 2.93. The lowest BCUT2D eigenvalue weighted by Crippen LogP contribution is -2.50. The first-order valence-electron chi connectivity index (χ1n) is 10.2. The van der Waals surface area contributed by atoms with Crippen LogP contribution in [0.5, 0.6) is 0 Å². The Labute approximate surface area is 206 Å². The summed E-state index contributed by atoms with van der Waals surface area (Å²) in [5.41, 5.74) is 1.05. The zero-order valence-corrected chi connectivity index (χ0v) is 21.4. The highest BCUT2D eigenvalue weighted by molar-refractivity contribution is 14.0. The van der Waals surface area contributed by atoms with Crippen LogP contribution in [0.25, 0.3) is 0 Å². The summed E-state index contributed by atoms with van der Waals surface area (Å²) >= 11 is 5.82. The zero-order valence-electron chi connectivity index (χ0n) is 18.3. The Balaban J connectivity index is 0.00000480. The highest BCUT2D eigenvalue weighted by atomic mass is 127. The van der Waals surface area contributed by atoms with Crippen LogP contribution in [0.2, 0.25) is 5.15 Å². The number of carbonyl (C=O) groups is 2. The van der Waals surface area contributed by atoms with Crippen molar-refractivity contribution in [3.63, 3.8) is 0 Å².